The SMILES string of the molecule is CN1C[C@@H]2CCCN(C(=O)c3cccc4cnccc34)[C@@H]2C1. The Morgan fingerprint density at radius 3 is 3.09 bits per heavy atom. The van der Waals surface area contributed by atoms with Gasteiger partial charge < -0.3 is 9.80 Å². The minimum atomic E-state index is 0.182. The summed E-state index contributed by atoms with van der Waals surface area (Å²) in [6.07, 6.45) is 5.96. The second-order valence-electron chi connectivity index (χ2n) is 6.59. The highest BCUT2D eigenvalue weighted by Crippen LogP contribution is 2.31. The third kappa shape index (κ3) is 2.18. The van der Waals surface area contributed by atoms with Crippen LogP contribution in [-0.2, 0) is 0 Å². The van der Waals surface area contributed by atoms with Gasteiger partial charge in [-0.2, -0.15) is 0 Å². The van der Waals surface area contributed by atoms with E-state index < -0.39 is 0 Å². The molecule has 4 nitrogen and oxygen atoms in total. The van der Waals surface area contributed by atoms with Gasteiger partial charge >= 0.3 is 0 Å². The lowest BCUT2D eigenvalue weighted by molar-refractivity contribution is 0.0574. The van der Waals surface area contributed by atoms with Crippen molar-refractivity contribution in [3.63, 3.8) is 0 Å². The van der Waals surface area contributed by atoms with Gasteiger partial charge in [-0.05, 0) is 43.3 Å². The minimum absolute atomic E-state index is 0.182. The van der Waals surface area contributed by atoms with E-state index >= 15 is 0 Å². The van der Waals surface area contributed by atoms with E-state index in [1.165, 1.54) is 6.42 Å². The normalized spacial score (nSPS) is 25.4. The van der Waals surface area contributed by atoms with Crippen molar-refractivity contribution in [2.75, 3.05) is 26.7 Å². The third-order valence-electron chi connectivity index (χ3n) is 5.14. The maximum atomic E-state index is 13.2. The Morgan fingerprint density at radius 2 is 2.18 bits per heavy atom. The van der Waals surface area contributed by atoms with Crippen molar-refractivity contribution in [2.24, 2.45) is 5.92 Å². The van der Waals surface area contributed by atoms with E-state index in [0.717, 1.165) is 42.4 Å². The molecule has 1 aromatic heterocycles. The van der Waals surface area contributed by atoms with E-state index in [4.69, 9.17) is 0 Å². The highest BCUT2D eigenvalue weighted by molar-refractivity contribution is 6.07. The lowest BCUT2D eigenvalue weighted by Gasteiger charge is -2.37. The molecule has 0 spiro atoms. The molecule has 2 aliphatic heterocycles. The average molecular weight is 295 g/mol. The monoisotopic (exact) mass is 295 g/mol. The molecule has 0 bridgehead atoms. The van der Waals surface area contributed by atoms with Crippen LogP contribution in [0.2, 0.25) is 0 Å². The van der Waals surface area contributed by atoms with Crippen molar-refractivity contribution < 1.29 is 4.79 Å². The number of pyridine rings is 1. The Morgan fingerprint density at radius 1 is 1.27 bits per heavy atom. The van der Waals surface area contributed by atoms with Gasteiger partial charge in [-0.3, -0.25) is 9.78 Å². The Bertz CT molecular complexity index is 709. The van der Waals surface area contributed by atoms with Gasteiger partial charge in [-0.25, -0.2) is 0 Å². The van der Waals surface area contributed by atoms with Crippen molar-refractivity contribution in [3.05, 3.63) is 42.2 Å². The number of benzene rings is 1. The van der Waals surface area contributed by atoms with E-state index in [9.17, 15) is 4.79 Å². The Balaban J connectivity index is 1.71. The van der Waals surface area contributed by atoms with Gasteiger partial charge in [0.2, 0.25) is 0 Å². The number of likely N-dealkylation sites (tertiary alicyclic amines) is 2. The smallest absolute Gasteiger partial charge is 0.254 e. The van der Waals surface area contributed by atoms with Gasteiger partial charge in [0.1, 0.15) is 0 Å². The third-order valence-corrected chi connectivity index (χ3v) is 5.14. The zero-order valence-corrected chi connectivity index (χ0v) is 12.9. The number of carbonyl (C=O) groups excluding carboxylic acids is 1. The predicted molar refractivity (Wildman–Crippen MR) is 86.8 cm³/mol. The fourth-order valence-corrected chi connectivity index (χ4v) is 4.11. The van der Waals surface area contributed by atoms with Gasteiger partial charge in [0.15, 0.2) is 0 Å². The second kappa shape index (κ2) is 5.36. The number of piperidine rings is 1. The van der Waals surface area contributed by atoms with Gasteiger partial charge in [-0.15, -0.1) is 0 Å². The number of nitrogens with zero attached hydrogens (tertiary/aromatic N) is 3. The lowest BCUT2D eigenvalue weighted by Crippen LogP contribution is -2.48. The first-order valence-corrected chi connectivity index (χ1v) is 8.06. The van der Waals surface area contributed by atoms with Gasteiger partial charge in [0, 0.05) is 49.0 Å². The predicted octanol–water partition coefficient (Wildman–Crippen LogP) is 2.40. The summed E-state index contributed by atoms with van der Waals surface area (Å²) in [4.78, 5) is 21.8. The van der Waals surface area contributed by atoms with Crippen LogP contribution in [0.5, 0.6) is 0 Å². The topological polar surface area (TPSA) is 36.4 Å². The van der Waals surface area contributed by atoms with E-state index in [1.807, 2.05) is 30.5 Å². The van der Waals surface area contributed by atoms with Gasteiger partial charge in [0.05, 0.1) is 0 Å². The fraction of sp³-hybridized carbons (Fsp3) is 0.444. The van der Waals surface area contributed by atoms with Gasteiger partial charge in [-0.1, -0.05) is 12.1 Å². The number of carbonyl (C=O) groups is 1. The fourth-order valence-electron chi connectivity index (χ4n) is 4.11. The molecule has 4 rings (SSSR count). The molecule has 1 aromatic carbocycles. The molecular formula is C18H21N3O. The molecule has 22 heavy (non-hydrogen) atoms. The maximum absolute atomic E-state index is 13.2. The van der Waals surface area contributed by atoms with Gasteiger partial charge in [0.25, 0.3) is 5.91 Å². The zero-order chi connectivity index (χ0) is 15.1. The number of hydrogen-bond acceptors (Lipinski definition) is 3. The lowest BCUT2D eigenvalue weighted by atomic mass is 9.91. The first-order chi connectivity index (χ1) is 10.7. The number of rotatable bonds is 1. The first-order valence-electron chi connectivity index (χ1n) is 8.06. The number of fused-ring (bicyclic) bond motifs is 2. The van der Waals surface area contributed by atoms with E-state index in [0.29, 0.717) is 12.0 Å². The maximum Gasteiger partial charge on any atom is 0.254 e. The highest BCUT2D eigenvalue weighted by atomic mass is 16.2. The molecule has 2 aliphatic rings. The standard InChI is InChI=1S/C18H21N3O/c1-20-11-14-5-3-9-21(17(14)12-20)18(22)16-6-2-4-13-10-19-8-7-15(13)16/h2,4,6-8,10,14,17H,3,5,9,11-12H2,1H3/t14-,17+/m0/s1. The molecule has 0 radical (unpaired) electrons. The van der Waals surface area contributed by atoms with Crippen LogP contribution in [0, 0.1) is 5.92 Å². The highest BCUT2D eigenvalue weighted by Gasteiger charge is 2.40. The molecule has 4 heteroatoms. The van der Waals surface area contributed by atoms with Crippen LogP contribution in [0.15, 0.2) is 36.7 Å². The molecule has 0 N–H and O–H groups in total. The van der Waals surface area contributed by atoms with Crippen LogP contribution in [0.25, 0.3) is 10.8 Å². The van der Waals surface area contributed by atoms with Crippen LogP contribution >= 0.6 is 0 Å². The summed E-state index contributed by atoms with van der Waals surface area (Å²) in [6, 6.07) is 8.25. The van der Waals surface area contributed by atoms with Crippen molar-refractivity contribution >= 4 is 16.7 Å². The quantitative estimate of drug-likeness (QED) is 0.810. The molecule has 2 saturated heterocycles. The molecule has 1 amide bonds. The molecule has 2 fully saturated rings. The molecule has 3 heterocycles. The van der Waals surface area contributed by atoms with Crippen LogP contribution in [0.1, 0.15) is 23.2 Å². The van der Waals surface area contributed by atoms with Crippen molar-refractivity contribution in [1.29, 1.82) is 0 Å². The molecule has 114 valence electrons. The van der Waals surface area contributed by atoms with Crippen LogP contribution in [-0.4, -0.2) is 53.4 Å². The Kier molecular flexibility index (Phi) is 3.34. The summed E-state index contributed by atoms with van der Waals surface area (Å²) in [7, 11) is 2.16. The molecular weight excluding hydrogens is 274 g/mol. The van der Waals surface area contributed by atoms with E-state index in [-0.39, 0.29) is 5.91 Å². The zero-order valence-electron chi connectivity index (χ0n) is 12.9. The molecule has 0 saturated carbocycles. The number of likely N-dealkylation sites (N-methyl/N-ethyl adjacent to an activating group) is 1. The largest absolute Gasteiger partial charge is 0.334 e. The first kappa shape index (κ1) is 13.7. The summed E-state index contributed by atoms with van der Waals surface area (Å²) < 4.78 is 0. The van der Waals surface area contributed by atoms with Crippen molar-refractivity contribution in [3.8, 4) is 0 Å². The van der Waals surface area contributed by atoms with Crippen LogP contribution < -0.4 is 0 Å². The summed E-state index contributed by atoms with van der Waals surface area (Å²) in [5.41, 5.74) is 0.815. The Hall–Kier alpha value is -1.94. The number of amides is 1. The number of aromatic nitrogens is 1. The van der Waals surface area contributed by atoms with E-state index in [2.05, 4.69) is 21.8 Å². The summed E-state index contributed by atoms with van der Waals surface area (Å²) in [6.45, 7) is 3.01. The number of hydrogen-bond donors (Lipinski definition) is 0. The molecule has 2 aromatic rings. The van der Waals surface area contributed by atoms with Crippen LogP contribution in [0.3, 0.4) is 0 Å². The molecule has 2 atom stereocenters. The average Bonchev–Trinajstić information content (AvgIpc) is 2.93. The van der Waals surface area contributed by atoms with E-state index in [1.54, 1.807) is 6.20 Å². The Labute approximate surface area is 130 Å². The summed E-state index contributed by atoms with van der Waals surface area (Å²) in [5, 5.41) is 2.04. The summed E-state index contributed by atoms with van der Waals surface area (Å²) in [5.74, 6) is 0.821. The molecule has 0 unspecified atom stereocenters. The summed E-state index contributed by atoms with van der Waals surface area (Å²) >= 11 is 0. The van der Waals surface area contributed by atoms with Crippen LogP contribution in [0.4, 0.5) is 0 Å². The molecule has 0 aliphatic carbocycles. The minimum Gasteiger partial charge on any atom is -0.334 e. The van der Waals surface area contributed by atoms with Crippen molar-refractivity contribution in [1.82, 2.24) is 14.8 Å². The van der Waals surface area contributed by atoms with Crippen molar-refractivity contribution in [2.45, 2.75) is 18.9 Å². The second-order valence-corrected chi connectivity index (χ2v) is 6.59.